The van der Waals surface area contributed by atoms with Gasteiger partial charge in [-0.2, -0.15) is 0 Å². The zero-order valence-electron chi connectivity index (χ0n) is 13.7. The van der Waals surface area contributed by atoms with Gasteiger partial charge in [-0.1, -0.05) is 0 Å². The number of hydrogen-bond acceptors (Lipinski definition) is 6. The van der Waals surface area contributed by atoms with Crippen LogP contribution in [0.1, 0.15) is 24.2 Å². The predicted molar refractivity (Wildman–Crippen MR) is 83.7 cm³/mol. The van der Waals surface area contributed by atoms with Crippen molar-refractivity contribution in [2.24, 2.45) is 0 Å². The Morgan fingerprint density at radius 2 is 2.35 bits per heavy atom. The number of likely N-dealkylation sites (tertiary alicyclic amines) is 1. The Labute approximate surface area is 136 Å². The third-order valence-electron chi connectivity index (χ3n) is 4.55. The molecular weight excluding hydrogens is 296 g/mol. The Bertz CT molecular complexity index is 537. The highest BCUT2D eigenvalue weighted by atomic mass is 16.5. The predicted octanol–water partition coefficient (Wildman–Crippen LogP) is 0.279. The number of hydrogen-bond donors (Lipinski definition) is 1. The van der Waals surface area contributed by atoms with Gasteiger partial charge in [0, 0.05) is 38.9 Å². The zero-order valence-corrected chi connectivity index (χ0v) is 13.7. The molecule has 0 saturated carbocycles. The van der Waals surface area contributed by atoms with Crippen LogP contribution in [0.15, 0.2) is 12.4 Å². The van der Waals surface area contributed by atoms with Crippen molar-refractivity contribution < 1.29 is 14.3 Å². The number of aryl methyl sites for hydroxylation is 1. The van der Waals surface area contributed by atoms with Crippen LogP contribution in [0.5, 0.6) is 0 Å². The van der Waals surface area contributed by atoms with Crippen molar-refractivity contribution in [3.8, 4) is 0 Å². The van der Waals surface area contributed by atoms with Gasteiger partial charge in [0.25, 0.3) is 0 Å². The number of nitrogens with one attached hydrogen (secondary N) is 1. The van der Waals surface area contributed by atoms with Gasteiger partial charge in [-0.15, -0.1) is 0 Å². The summed E-state index contributed by atoms with van der Waals surface area (Å²) < 4.78 is 11.1. The summed E-state index contributed by atoms with van der Waals surface area (Å²) in [4.78, 5) is 23.1. The van der Waals surface area contributed by atoms with E-state index in [-0.39, 0.29) is 18.1 Å². The van der Waals surface area contributed by atoms with Crippen LogP contribution in [-0.4, -0.2) is 65.8 Å². The monoisotopic (exact) mass is 320 g/mol. The van der Waals surface area contributed by atoms with E-state index < -0.39 is 0 Å². The summed E-state index contributed by atoms with van der Waals surface area (Å²) in [6.07, 6.45) is 4.93. The molecule has 3 heterocycles. The lowest BCUT2D eigenvalue weighted by Crippen LogP contribution is -2.37. The molecule has 2 saturated heterocycles. The van der Waals surface area contributed by atoms with E-state index in [1.165, 1.54) is 0 Å². The minimum Gasteiger partial charge on any atom is -0.383 e. The lowest BCUT2D eigenvalue weighted by molar-refractivity contribution is -0.132. The maximum atomic E-state index is 12.3. The van der Waals surface area contributed by atoms with E-state index in [9.17, 15) is 4.79 Å². The fraction of sp³-hybridized carbons (Fsp3) is 0.688. The third-order valence-corrected chi connectivity index (χ3v) is 4.55. The normalized spacial score (nSPS) is 27.1. The third kappa shape index (κ3) is 3.85. The molecule has 23 heavy (non-hydrogen) atoms. The van der Waals surface area contributed by atoms with Crippen molar-refractivity contribution in [1.82, 2.24) is 20.2 Å². The van der Waals surface area contributed by atoms with Gasteiger partial charge >= 0.3 is 0 Å². The maximum absolute atomic E-state index is 12.3. The molecule has 126 valence electrons. The molecule has 0 radical (unpaired) electrons. The molecule has 2 unspecified atom stereocenters. The first-order chi connectivity index (χ1) is 11.2. The summed E-state index contributed by atoms with van der Waals surface area (Å²) in [5.41, 5.74) is 1.62. The highest BCUT2D eigenvalue weighted by Gasteiger charge is 2.45. The summed E-state index contributed by atoms with van der Waals surface area (Å²) in [6, 6.07) is 0.333. The molecule has 1 aromatic rings. The van der Waals surface area contributed by atoms with Gasteiger partial charge in [0.1, 0.15) is 6.10 Å². The number of nitrogens with zero attached hydrogens (tertiary/aromatic N) is 3. The van der Waals surface area contributed by atoms with E-state index >= 15 is 0 Å². The Hall–Kier alpha value is -1.57. The number of amides is 1. The van der Waals surface area contributed by atoms with E-state index in [0.29, 0.717) is 19.2 Å². The summed E-state index contributed by atoms with van der Waals surface area (Å²) in [6.45, 7) is 4.90. The molecule has 1 amide bonds. The average molecular weight is 320 g/mol. The first-order valence-electron chi connectivity index (χ1n) is 8.11. The van der Waals surface area contributed by atoms with Crippen molar-refractivity contribution in [3.05, 3.63) is 23.8 Å². The Balaban J connectivity index is 1.48. The van der Waals surface area contributed by atoms with Crippen LogP contribution >= 0.6 is 0 Å². The van der Waals surface area contributed by atoms with Crippen LogP contribution in [0.4, 0.5) is 0 Å². The number of rotatable bonds is 6. The van der Waals surface area contributed by atoms with Crippen molar-refractivity contribution in [2.75, 3.05) is 26.8 Å². The molecule has 0 aromatic carbocycles. The molecule has 0 bridgehead atoms. The second-order valence-electron chi connectivity index (χ2n) is 6.15. The van der Waals surface area contributed by atoms with E-state index in [1.807, 2.05) is 6.92 Å². The van der Waals surface area contributed by atoms with E-state index in [2.05, 4.69) is 20.2 Å². The van der Waals surface area contributed by atoms with Crippen LogP contribution in [0.2, 0.25) is 0 Å². The van der Waals surface area contributed by atoms with Gasteiger partial charge < -0.3 is 14.8 Å². The quantitative estimate of drug-likeness (QED) is 0.811. The molecule has 2 aliphatic heterocycles. The van der Waals surface area contributed by atoms with Crippen LogP contribution in [0, 0.1) is 6.92 Å². The molecule has 3 atom stereocenters. The van der Waals surface area contributed by atoms with Crippen LogP contribution in [-0.2, 0) is 20.8 Å². The molecule has 2 fully saturated rings. The summed E-state index contributed by atoms with van der Waals surface area (Å²) in [5.74, 6) is -0.0616. The second kappa shape index (κ2) is 7.33. The van der Waals surface area contributed by atoms with Crippen LogP contribution in [0.25, 0.3) is 0 Å². The standard InChI is InChI=1S/C16H24N4O3/c1-11-8-18-12(9-17-11)10-19-16(21)15-7-13-14(23-15)3-4-20(13)5-6-22-2/h8-9,13-15H,3-7,10H2,1-2H3,(H,19,21)/t13?,14?,15-/m1/s1. The molecule has 0 aliphatic carbocycles. The smallest absolute Gasteiger partial charge is 0.249 e. The van der Waals surface area contributed by atoms with Gasteiger partial charge in [0.2, 0.25) is 5.91 Å². The number of methoxy groups -OCH3 is 1. The largest absolute Gasteiger partial charge is 0.383 e. The maximum Gasteiger partial charge on any atom is 0.249 e. The Morgan fingerprint density at radius 3 is 3.09 bits per heavy atom. The van der Waals surface area contributed by atoms with E-state index in [0.717, 1.165) is 37.3 Å². The number of fused-ring (bicyclic) bond motifs is 1. The van der Waals surface area contributed by atoms with Crippen molar-refractivity contribution in [3.63, 3.8) is 0 Å². The van der Waals surface area contributed by atoms with Gasteiger partial charge in [0.05, 0.1) is 36.8 Å². The minimum absolute atomic E-state index is 0.0616. The number of carbonyl (C=O) groups is 1. The summed E-state index contributed by atoms with van der Waals surface area (Å²) in [7, 11) is 1.71. The van der Waals surface area contributed by atoms with Crippen LogP contribution < -0.4 is 5.32 Å². The molecule has 7 nitrogen and oxygen atoms in total. The first kappa shape index (κ1) is 16.3. The van der Waals surface area contributed by atoms with Gasteiger partial charge in [-0.25, -0.2) is 0 Å². The average Bonchev–Trinajstić information content (AvgIpc) is 3.13. The van der Waals surface area contributed by atoms with Gasteiger partial charge in [-0.3, -0.25) is 19.7 Å². The van der Waals surface area contributed by atoms with Gasteiger partial charge in [0.15, 0.2) is 0 Å². The van der Waals surface area contributed by atoms with E-state index in [4.69, 9.17) is 9.47 Å². The molecule has 7 heteroatoms. The molecule has 0 spiro atoms. The van der Waals surface area contributed by atoms with E-state index in [1.54, 1.807) is 19.5 Å². The van der Waals surface area contributed by atoms with Crippen molar-refractivity contribution >= 4 is 5.91 Å². The van der Waals surface area contributed by atoms with Crippen molar-refractivity contribution in [1.29, 1.82) is 0 Å². The summed E-state index contributed by atoms with van der Waals surface area (Å²) >= 11 is 0. The Kier molecular flexibility index (Phi) is 5.20. The summed E-state index contributed by atoms with van der Waals surface area (Å²) in [5, 5.41) is 2.90. The number of carbonyl (C=O) groups excluding carboxylic acids is 1. The molecule has 1 N–H and O–H groups in total. The molecule has 3 rings (SSSR count). The lowest BCUT2D eigenvalue weighted by atomic mass is 10.1. The van der Waals surface area contributed by atoms with Gasteiger partial charge in [-0.05, 0) is 13.3 Å². The number of aromatic nitrogens is 2. The fourth-order valence-corrected chi connectivity index (χ4v) is 3.29. The first-order valence-corrected chi connectivity index (χ1v) is 8.11. The fourth-order valence-electron chi connectivity index (χ4n) is 3.29. The number of ether oxygens (including phenoxy) is 2. The second-order valence-corrected chi connectivity index (χ2v) is 6.15. The zero-order chi connectivity index (χ0) is 16.2. The highest BCUT2D eigenvalue weighted by Crippen LogP contribution is 2.32. The molecule has 2 aliphatic rings. The van der Waals surface area contributed by atoms with Crippen molar-refractivity contribution in [2.45, 2.75) is 44.6 Å². The molecular formula is C16H24N4O3. The lowest BCUT2D eigenvalue weighted by Gasteiger charge is -2.21. The SMILES string of the molecule is COCCN1CCC2O[C@@H](C(=O)NCc3cnc(C)cn3)CC21. The van der Waals surface area contributed by atoms with Crippen LogP contribution in [0.3, 0.4) is 0 Å². The highest BCUT2D eigenvalue weighted by molar-refractivity contribution is 5.81. The topological polar surface area (TPSA) is 76.6 Å². The minimum atomic E-state index is -0.367. The molecule has 1 aromatic heterocycles. The Morgan fingerprint density at radius 1 is 1.48 bits per heavy atom.